The first-order chi connectivity index (χ1) is 4.18. The number of hydrogen-bond acceptors (Lipinski definition) is 1. The molecule has 0 saturated heterocycles. The average molecular weight is 131 g/mol. The van der Waals surface area contributed by atoms with Gasteiger partial charge >= 0.3 is 0 Å². The van der Waals surface area contributed by atoms with Crippen LogP contribution in [0.15, 0.2) is 12.2 Å². The summed E-state index contributed by atoms with van der Waals surface area (Å²) >= 11 is 0. The maximum absolute atomic E-state index is 11.4. The summed E-state index contributed by atoms with van der Waals surface area (Å²) in [5.74, 6) is -0.285. The first-order valence-corrected chi connectivity index (χ1v) is 2.68. The van der Waals surface area contributed by atoms with E-state index < -0.39 is 6.67 Å². The van der Waals surface area contributed by atoms with E-state index in [4.69, 9.17) is 0 Å². The summed E-state index contributed by atoms with van der Waals surface area (Å²) in [6.07, 6.45) is 0. The minimum absolute atomic E-state index is 0.0751. The fraction of sp³-hybridized carbons (Fsp3) is 0.500. The Morgan fingerprint density at radius 3 is 2.67 bits per heavy atom. The molecule has 0 saturated carbocycles. The van der Waals surface area contributed by atoms with E-state index in [0.29, 0.717) is 5.57 Å². The van der Waals surface area contributed by atoms with Gasteiger partial charge in [0.15, 0.2) is 0 Å². The molecule has 0 aliphatic heterocycles. The highest BCUT2D eigenvalue weighted by atomic mass is 19.1. The zero-order chi connectivity index (χ0) is 7.28. The molecule has 0 aliphatic rings. The molecule has 0 heterocycles. The summed E-state index contributed by atoms with van der Waals surface area (Å²) in [5.41, 5.74) is 0.406. The molecule has 0 unspecified atom stereocenters. The van der Waals surface area contributed by atoms with Crippen molar-refractivity contribution in [2.75, 3.05) is 13.2 Å². The Balaban J connectivity index is 3.39. The predicted octanol–water partition coefficient (Wildman–Crippen LogP) is 0.648. The first-order valence-electron chi connectivity index (χ1n) is 2.68. The third-order valence-electron chi connectivity index (χ3n) is 0.768. The summed E-state index contributed by atoms with van der Waals surface area (Å²) in [6, 6.07) is 0. The second-order valence-corrected chi connectivity index (χ2v) is 1.73. The van der Waals surface area contributed by atoms with Crippen LogP contribution in [-0.4, -0.2) is 19.1 Å². The topological polar surface area (TPSA) is 29.1 Å². The monoisotopic (exact) mass is 131 g/mol. The van der Waals surface area contributed by atoms with E-state index in [1.807, 2.05) is 0 Å². The van der Waals surface area contributed by atoms with E-state index in [1.165, 1.54) is 0 Å². The van der Waals surface area contributed by atoms with Gasteiger partial charge in [0.25, 0.3) is 0 Å². The lowest BCUT2D eigenvalue weighted by atomic mass is 10.3. The minimum atomic E-state index is -0.529. The van der Waals surface area contributed by atoms with Gasteiger partial charge in [0, 0.05) is 12.1 Å². The van der Waals surface area contributed by atoms with E-state index >= 15 is 0 Å². The fourth-order valence-corrected chi connectivity index (χ4v) is 0.312. The van der Waals surface area contributed by atoms with Crippen molar-refractivity contribution in [2.24, 2.45) is 0 Å². The quantitative estimate of drug-likeness (QED) is 0.560. The van der Waals surface area contributed by atoms with Crippen molar-refractivity contribution >= 4 is 5.91 Å². The molecule has 0 atom stereocenters. The normalized spacial score (nSPS) is 8.67. The summed E-state index contributed by atoms with van der Waals surface area (Å²) in [7, 11) is 0. The van der Waals surface area contributed by atoms with Gasteiger partial charge in [-0.15, -0.1) is 0 Å². The molecule has 0 fully saturated rings. The van der Waals surface area contributed by atoms with E-state index in [2.05, 4.69) is 11.9 Å². The van der Waals surface area contributed by atoms with Crippen LogP contribution in [-0.2, 0) is 4.79 Å². The lowest BCUT2D eigenvalue weighted by molar-refractivity contribution is -0.117. The zero-order valence-electron chi connectivity index (χ0n) is 5.41. The van der Waals surface area contributed by atoms with Crippen LogP contribution in [0.4, 0.5) is 4.39 Å². The first kappa shape index (κ1) is 8.14. The molecule has 0 aliphatic carbocycles. The molecule has 0 bridgehead atoms. The predicted molar refractivity (Wildman–Crippen MR) is 33.8 cm³/mol. The molecule has 1 N–H and O–H groups in total. The molecule has 0 spiro atoms. The van der Waals surface area contributed by atoms with E-state index in [-0.39, 0.29) is 12.5 Å². The molecule has 0 aromatic carbocycles. The number of carbonyl (C=O) groups excluding carboxylic acids is 1. The number of alkyl halides is 1. The van der Waals surface area contributed by atoms with Gasteiger partial charge in [-0.05, 0) is 6.92 Å². The molecule has 3 heteroatoms. The fourth-order valence-electron chi connectivity index (χ4n) is 0.312. The molecule has 0 rings (SSSR count). The Kier molecular flexibility index (Phi) is 3.67. The number of rotatable bonds is 3. The van der Waals surface area contributed by atoms with Gasteiger partial charge in [0.05, 0.1) is 0 Å². The average Bonchev–Trinajstić information content (AvgIpc) is 1.82. The number of amides is 1. The number of halogens is 1. The van der Waals surface area contributed by atoms with Crippen LogP contribution >= 0.6 is 0 Å². The Labute approximate surface area is 53.8 Å². The Morgan fingerprint density at radius 1 is 1.78 bits per heavy atom. The third kappa shape index (κ3) is 3.70. The van der Waals surface area contributed by atoms with Crippen LogP contribution in [0.5, 0.6) is 0 Å². The number of carbonyl (C=O) groups is 1. The third-order valence-corrected chi connectivity index (χ3v) is 0.768. The van der Waals surface area contributed by atoms with Gasteiger partial charge in [0.1, 0.15) is 6.67 Å². The summed E-state index contributed by atoms with van der Waals surface area (Å²) in [6.45, 7) is 4.50. The Morgan fingerprint density at radius 2 is 2.33 bits per heavy atom. The van der Waals surface area contributed by atoms with Crippen LogP contribution < -0.4 is 5.32 Å². The molecule has 0 radical (unpaired) electrons. The minimum Gasteiger partial charge on any atom is -0.350 e. The van der Waals surface area contributed by atoms with Crippen molar-refractivity contribution in [1.29, 1.82) is 0 Å². The van der Waals surface area contributed by atoms with Crippen LogP contribution in [0.1, 0.15) is 6.92 Å². The second kappa shape index (κ2) is 4.06. The van der Waals surface area contributed by atoms with Crippen LogP contribution in [0, 0.1) is 0 Å². The second-order valence-electron chi connectivity index (χ2n) is 1.73. The largest absolute Gasteiger partial charge is 0.350 e. The molecular formula is C6H10FNO. The van der Waals surface area contributed by atoms with Gasteiger partial charge < -0.3 is 5.32 Å². The van der Waals surface area contributed by atoms with Crippen molar-refractivity contribution in [2.45, 2.75) is 6.92 Å². The van der Waals surface area contributed by atoms with Crippen LogP contribution in [0.3, 0.4) is 0 Å². The maximum atomic E-state index is 11.4. The SMILES string of the molecule is C=C(C)C(=O)NCCF. The summed E-state index contributed by atoms with van der Waals surface area (Å²) in [5, 5.41) is 2.32. The van der Waals surface area contributed by atoms with Crippen molar-refractivity contribution in [3.05, 3.63) is 12.2 Å². The van der Waals surface area contributed by atoms with Crippen molar-refractivity contribution < 1.29 is 9.18 Å². The molecule has 9 heavy (non-hydrogen) atoms. The standard InChI is InChI=1S/C6H10FNO/c1-5(2)6(9)8-4-3-7/h1,3-4H2,2H3,(H,8,9). The van der Waals surface area contributed by atoms with Gasteiger partial charge in [-0.2, -0.15) is 0 Å². The van der Waals surface area contributed by atoms with Crippen LogP contribution in [0.25, 0.3) is 0 Å². The van der Waals surface area contributed by atoms with Crippen molar-refractivity contribution in [3.8, 4) is 0 Å². The Bertz CT molecular complexity index is 122. The van der Waals surface area contributed by atoms with E-state index in [0.717, 1.165) is 0 Å². The number of hydrogen-bond donors (Lipinski definition) is 1. The molecule has 0 aromatic heterocycles. The lowest BCUT2D eigenvalue weighted by Crippen LogP contribution is -2.25. The molecule has 1 amide bonds. The highest BCUT2D eigenvalue weighted by Crippen LogP contribution is 1.83. The highest BCUT2D eigenvalue weighted by Gasteiger charge is 1.97. The highest BCUT2D eigenvalue weighted by molar-refractivity contribution is 5.91. The Hall–Kier alpha value is -0.860. The lowest BCUT2D eigenvalue weighted by Gasteiger charge is -1.98. The molecular weight excluding hydrogens is 121 g/mol. The van der Waals surface area contributed by atoms with Crippen LogP contribution in [0.2, 0.25) is 0 Å². The van der Waals surface area contributed by atoms with E-state index in [1.54, 1.807) is 6.92 Å². The van der Waals surface area contributed by atoms with E-state index in [9.17, 15) is 9.18 Å². The summed E-state index contributed by atoms with van der Waals surface area (Å²) < 4.78 is 11.4. The van der Waals surface area contributed by atoms with Gasteiger partial charge in [-0.3, -0.25) is 4.79 Å². The smallest absolute Gasteiger partial charge is 0.246 e. The molecule has 0 aromatic rings. The maximum Gasteiger partial charge on any atom is 0.246 e. The zero-order valence-corrected chi connectivity index (χ0v) is 5.41. The number of nitrogens with one attached hydrogen (secondary N) is 1. The van der Waals surface area contributed by atoms with Gasteiger partial charge in [0.2, 0.25) is 5.91 Å². The van der Waals surface area contributed by atoms with Crippen molar-refractivity contribution in [3.63, 3.8) is 0 Å². The van der Waals surface area contributed by atoms with Crippen molar-refractivity contribution in [1.82, 2.24) is 5.32 Å². The van der Waals surface area contributed by atoms with Gasteiger partial charge in [-0.25, -0.2) is 4.39 Å². The molecule has 52 valence electrons. The van der Waals surface area contributed by atoms with Gasteiger partial charge in [-0.1, -0.05) is 6.58 Å². The molecule has 2 nitrogen and oxygen atoms in total. The summed E-state index contributed by atoms with van der Waals surface area (Å²) in [4.78, 5) is 10.5.